The minimum atomic E-state index is 0.514. The lowest BCUT2D eigenvalue weighted by atomic mass is 10.1. The average Bonchev–Trinajstić information content (AvgIpc) is 2.18. The highest BCUT2D eigenvalue weighted by Crippen LogP contribution is 2.34. The molecule has 1 atom stereocenters. The Morgan fingerprint density at radius 1 is 1.46 bits per heavy atom. The Morgan fingerprint density at radius 3 is 3.15 bits per heavy atom. The van der Waals surface area contributed by atoms with E-state index in [4.69, 9.17) is 5.21 Å². The monoisotopic (exact) mass is 195 g/mol. The molecule has 0 radical (unpaired) electrons. The molecule has 1 aromatic rings. The summed E-state index contributed by atoms with van der Waals surface area (Å²) < 4.78 is 0. The van der Waals surface area contributed by atoms with Crippen molar-refractivity contribution in [1.82, 2.24) is 5.48 Å². The molecule has 2 nitrogen and oxygen atoms in total. The number of hydroxylamine groups is 1. The molecule has 3 heteroatoms. The minimum Gasteiger partial charge on any atom is -0.317 e. The minimum absolute atomic E-state index is 0.514. The summed E-state index contributed by atoms with van der Waals surface area (Å²) in [7, 11) is 0. The maximum Gasteiger partial charge on any atom is 0.0330 e. The van der Waals surface area contributed by atoms with Crippen LogP contribution in [-0.2, 0) is 6.42 Å². The van der Waals surface area contributed by atoms with Crippen molar-refractivity contribution in [2.24, 2.45) is 0 Å². The highest BCUT2D eigenvalue weighted by molar-refractivity contribution is 8.00. The third-order valence-corrected chi connectivity index (χ3v) is 3.71. The van der Waals surface area contributed by atoms with Crippen molar-refractivity contribution in [2.75, 3.05) is 6.54 Å². The quantitative estimate of drug-likeness (QED) is 0.709. The molecular weight excluding hydrogens is 182 g/mol. The fraction of sp³-hybridized carbons (Fsp3) is 0.400. The van der Waals surface area contributed by atoms with Crippen molar-refractivity contribution >= 4 is 11.8 Å². The van der Waals surface area contributed by atoms with Gasteiger partial charge in [0.15, 0.2) is 0 Å². The Balaban J connectivity index is 2.11. The molecule has 1 unspecified atom stereocenters. The zero-order valence-corrected chi connectivity index (χ0v) is 8.18. The molecule has 0 amide bonds. The van der Waals surface area contributed by atoms with E-state index >= 15 is 0 Å². The van der Waals surface area contributed by atoms with E-state index in [0.717, 1.165) is 12.8 Å². The largest absolute Gasteiger partial charge is 0.317 e. The summed E-state index contributed by atoms with van der Waals surface area (Å²) in [5.74, 6) is 0. The zero-order valence-electron chi connectivity index (χ0n) is 7.36. The van der Waals surface area contributed by atoms with Gasteiger partial charge in [-0.1, -0.05) is 18.2 Å². The molecule has 1 aliphatic rings. The molecule has 1 aliphatic heterocycles. The van der Waals surface area contributed by atoms with Gasteiger partial charge in [-0.15, -0.1) is 11.8 Å². The summed E-state index contributed by atoms with van der Waals surface area (Å²) >= 11 is 1.86. The Hall–Kier alpha value is -0.510. The maximum atomic E-state index is 8.60. The predicted octanol–water partition coefficient (Wildman–Crippen LogP) is 2.07. The Bertz CT molecular complexity index is 290. The number of benzene rings is 1. The molecule has 0 aliphatic carbocycles. The third-order valence-electron chi connectivity index (χ3n) is 2.32. The van der Waals surface area contributed by atoms with Gasteiger partial charge in [0, 0.05) is 16.7 Å². The van der Waals surface area contributed by atoms with Crippen LogP contribution < -0.4 is 5.48 Å². The van der Waals surface area contributed by atoms with E-state index in [9.17, 15) is 0 Å². The molecule has 0 saturated carbocycles. The topological polar surface area (TPSA) is 32.3 Å². The van der Waals surface area contributed by atoms with Gasteiger partial charge in [-0.05, 0) is 24.5 Å². The molecular formula is C10H13NOS. The molecule has 0 saturated heterocycles. The first-order valence-corrected chi connectivity index (χ1v) is 5.39. The molecule has 1 heterocycles. The van der Waals surface area contributed by atoms with Crippen LogP contribution in [0.1, 0.15) is 12.0 Å². The molecule has 70 valence electrons. The van der Waals surface area contributed by atoms with Crippen LogP contribution in [0.5, 0.6) is 0 Å². The highest BCUT2D eigenvalue weighted by Gasteiger charge is 2.17. The number of fused-ring (bicyclic) bond motifs is 1. The average molecular weight is 195 g/mol. The fourth-order valence-electron chi connectivity index (χ4n) is 1.63. The summed E-state index contributed by atoms with van der Waals surface area (Å²) in [4.78, 5) is 1.37. The molecule has 13 heavy (non-hydrogen) atoms. The Kier molecular flexibility index (Phi) is 2.88. The van der Waals surface area contributed by atoms with E-state index in [0.29, 0.717) is 11.8 Å². The Labute approximate surface area is 82.3 Å². The lowest BCUT2D eigenvalue weighted by Crippen LogP contribution is -2.24. The van der Waals surface area contributed by atoms with Gasteiger partial charge in [0.2, 0.25) is 0 Å². The number of nitrogens with one attached hydrogen (secondary N) is 1. The summed E-state index contributed by atoms with van der Waals surface area (Å²) in [6.07, 6.45) is 2.28. The molecule has 1 aromatic carbocycles. The van der Waals surface area contributed by atoms with Gasteiger partial charge in [0.1, 0.15) is 0 Å². The third kappa shape index (κ3) is 2.05. The molecule has 0 bridgehead atoms. The van der Waals surface area contributed by atoms with Gasteiger partial charge in [-0.2, -0.15) is 0 Å². The van der Waals surface area contributed by atoms with Gasteiger partial charge in [-0.3, -0.25) is 0 Å². The van der Waals surface area contributed by atoms with Crippen LogP contribution in [0.3, 0.4) is 0 Å². The van der Waals surface area contributed by atoms with Gasteiger partial charge >= 0.3 is 0 Å². The zero-order chi connectivity index (χ0) is 9.10. The second-order valence-electron chi connectivity index (χ2n) is 3.25. The normalized spacial score (nSPS) is 21.2. The number of hydrogen-bond donors (Lipinski definition) is 2. The van der Waals surface area contributed by atoms with E-state index in [1.54, 1.807) is 0 Å². The van der Waals surface area contributed by atoms with Crippen LogP contribution in [-0.4, -0.2) is 17.0 Å². The van der Waals surface area contributed by atoms with Crippen molar-refractivity contribution in [3.63, 3.8) is 0 Å². The van der Waals surface area contributed by atoms with Crippen molar-refractivity contribution in [1.29, 1.82) is 0 Å². The van der Waals surface area contributed by atoms with Crippen LogP contribution in [0.15, 0.2) is 29.2 Å². The first-order chi connectivity index (χ1) is 6.40. The van der Waals surface area contributed by atoms with Crippen molar-refractivity contribution in [3.8, 4) is 0 Å². The second-order valence-corrected chi connectivity index (χ2v) is 4.59. The van der Waals surface area contributed by atoms with Gasteiger partial charge in [0.25, 0.3) is 0 Å². The van der Waals surface area contributed by atoms with E-state index in [-0.39, 0.29) is 0 Å². The fourth-order valence-corrected chi connectivity index (χ4v) is 2.86. The summed E-state index contributed by atoms with van der Waals surface area (Å²) in [5, 5.41) is 9.12. The number of rotatable bonds is 2. The van der Waals surface area contributed by atoms with E-state index in [2.05, 4.69) is 29.7 Å². The van der Waals surface area contributed by atoms with E-state index < -0.39 is 0 Å². The van der Waals surface area contributed by atoms with Crippen molar-refractivity contribution < 1.29 is 5.21 Å². The first-order valence-electron chi connectivity index (χ1n) is 4.51. The van der Waals surface area contributed by atoms with Crippen molar-refractivity contribution in [3.05, 3.63) is 29.8 Å². The van der Waals surface area contributed by atoms with Crippen LogP contribution in [0, 0.1) is 0 Å². The van der Waals surface area contributed by atoms with E-state index in [1.807, 2.05) is 11.8 Å². The van der Waals surface area contributed by atoms with Crippen LogP contribution in [0.2, 0.25) is 0 Å². The number of thioether (sulfide) groups is 1. The van der Waals surface area contributed by atoms with Gasteiger partial charge in [0.05, 0.1) is 0 Å². The van der Waals surface area contributed by atoms with Gasteiger partial charge < -0.3 is 5.21 Å². The molecule has 0 spiro atoms. The smallest absolute Gasteiger partial charge is 0.0330 e. The van der Waals surface area contributed by atoms with Crippen LogP contribution in [0.4, 0.5) is 0 Å². The SMILES string of the molecule is ONCC1CCc2ccccc2S1. The lowest BCUT2D eigenvalue weighted by Gasteiger charge is -2.22. The predicted molar refractivity (Wildman–Crippen MR) is 54.2 cm³/mol. The number of hydrogen-bond acceptors (Lipinski definition) is 3. The molecule has 2 N–H and O–H groups in total. The molecule has 0 fully saturated rings. The first kappa shape index (κ1) is 9.06. The number of aryl methyl sites for hydroxylation is 1. The maximum absolute atomic E-state index is 8.60. The van der Waals surface area contributed by atoms with Crippen LogP contribution >= 0.6 is 11.8 Å². The summed E-state index contributed by atoms with van der Waals surface area (Å²) in [6.45, 7) is 0.680. The van der Waals surface area contributed by atoms with Crippen LogP contribution in [0.25, 0.3) is 0 Å². The molecule has 2 rings (SSSR count). The highest BCUT2D eigenvalue weighted by atomic mass is 32.2. The van der Waals surface area contributed by atoms with E-state index in [1.165, 1.54) is 10.5 Å². The Morgan fingerprint density at radius 2 is 2.31 bits per heavy atom. The lowest BCUT2D eigenvalue weighted by molar-refractivity contribution is 0.166. The summed E-state index contributed by atoms with van der Waals surface area (Å²) in [5.41, 5.74) is 3.69. The second kappa shape index (κ2) is 4.13. The molecule has 0 aromatic heterocycles. The van der Waals surface area contributed by atoms with Gasteiger partial charge in [-0.25, -0.2) is 5.48 Å². The summed E-state index contributed by atoms with van der Waals surface area (Å²) in [6, 6.07) is 8.50. The standard InChI is InChI=1S/C10H13NOS/c12-11-7-9-6-5-8-3-1-2-4-10(8)13-9/h1-4,9,11-12H,5-7H2. The van der Waals surface area contributed by atoms with Crippen molar-refractivity contribution in [2.45, 2.75) is 23.0 Å².